The molecule has 0 saturated carbocycles. The van der Waals surface area contributed by atoms with Crippen molar-refractivity contribution in [2.75, 3.05) is 19.8 Å². The van der Waals surface area contributed by atoms with Gasteiger partial charge in [-0.2, -0.15) is 18.2 Å². The van der Waals surface area contributed by atoms with E-state index in [1.807, 2.05) is 12.1 Å². The lowest BCUT2D eigenvalue weighted by atomic mass is 9.93. The van der Waals surface area contributed by atoms with Gasteiger partial charge in [-0.3, -0.25) is 18.8 Å². The summed E-state index contributed by atoms with van der Waals surface area (Å²) in [4.78, 5) is 26.7. The van der Waals surface area contributed by atoms with Crippen molar-refractivity contribution in [2.24, 2.45) is 5.92 Å². The van der Waals surface area contributed by atoms with E-state index in [2.05, 4.69) is 0 Å². The standard InChI is InChI=1S/C24H22F3N3O4S/c1-14-10-29-20(22(32)21(14)31)23(33)28(12-24(25,26)27)13-30(29)19-16-7-3-2-6-15(16)11-35(34)18-9-5-4-8-17(18)19/h2-9,14,19,32H,10-13H2,1H3. The molecule has 3 aliphatic rings. The van der Waals surface area contributed by atoms with E-state index in [-0.39, 0.29) is 12.3 Å². The first kappa shape index (κ1) is 23.6. The third-order valence-corrected chi connectivity index (χ3v) is 7.92. The number of aliphatic hydroxyl groups is 1. The number of halogens is 3. The minimum absolute atomic E-state index is 0.00769. The summed E-state index contributed by atoms with van der Waals surface area (Å²) in [7, 11) is -1.40. The number of carbonyl (C=O) groups is 2. The Morgan fingerprint density at radius 3 is 2.43 bits per heavy atom. The van der Waals surface area contributed by atoms with Crippen molar-refractivity contribution < 1.29 is 32.1 Å². The highest BCUT2D eigenvalue weighted by Crippen LogP contribution is 2.43. The van der Waals surface area contributed by atoms with Gasteiger partial charge in [0, 0.05) is 17.4 Å². The van der Waals surface area contributed by atoms with Gasteiger partial charge in [0.05, 0.1) is 29.3 Å². The molecule has 0 radical (unpaired) electrons. The van der Waals surface area contributed by atoms with E-state index >= 15 is 0 Å². The lowest BCUT2D eigenvalue weighted by molar-refractivity contribution is -0.188. The maximum atomic E-state index is 13.4. The molecule has 3 aliphatic heterocycles. The third-order valence-electron chi connectivity index (χ3n) is 6.49. The summed E-state index contributed by atoms with van der Waals surface area (Å²) in [5.41, 5.74) is 1.65. The molecule has 2 aromatic rings. The number of rotatable bonds is 2. The summed E-state index contributed by atoms with van der Waals surface area (Å²) in [6.07, 6.45) is -4.69. The molecule has 0 aliphatic carbocycles. The minimum Gasteiger partial charge on any atom is -0.503 e. The topological polar surface area (TPSA) is 81.2 Å². The fourth-order valence-electron chi connectivity index (χ4n) is 4.93. The number of ketones is 1. The number of hydrazine groups is 1. The van der Waals surface area contributed by atoms with E-state index in [9.17, 15) is 32.1 Å². The van der Waals surface area contributed by atoms with Crippen LogP contribution in [0.1, 0.15) is 29.7 Å². The van der Waals surface area contributed by atoms with Gasteiger partial charge in [-0.1, -0.05) is 49.4 Å². The summed E-state index contributed by atoms with van der Waals surface area (Å²) in [6, 6.07) is 13.5. The molecule has 184 valence electrons. The summed E-state index contributed by atoms with van der Waals surface area (Å²) in [5, 5.41) is 13.6. The number of fused-ring (bicyclic) bond motifs is 3. The Balaban J connectivity index is 1.73. The lowest BCUT2D eigenvalue weighted by Gasteiger charge is -2.51. The molecular formula is C24H22F3N3O4S. The third kappa shape index (κ3) is 4.02. The van der Waals surface area contributed by atoms with Gasteiger partial charge in [-0.15, -0.1) is 0 Å². The Kier molecular flexibility index (Phi) is 5.71. The summed E-state index contributed by atoms with van der Waals surface area (Å²) in [5.74, 6) is -3.06. The molecule has 1 fully saturated rings. The Morgan fingerprint density at radius 2 is 1.71 bits per heavy atom. The Bertz CT molecular complexity index is 1280. The fourth-order valence-corrected chi connectivity index (χ4v) is 6.30. The van der Waals surface area contributed by atoms with Crippen LogP contribution in [0.4, 0.5) is 13.2 Å². The van der Waals surface area contributed by atoms with Crippen LogP contribution < -0.4 is 0 Å². The van der Waals surface area contributed by atoms with E-state index < -0.39 is 65.3 Å². The average molecular weight is 506 g/mol. The average Bonchev–Trinajstić information content (AvgIpc) is 2.92. The van der Waals surface area contributed by atoms with Crippen molar-refractivity contribution in [3.63, 3.8) is 0 Å². The molecule has 11 heteroatoms. The first-order chi connectivity index (χ1) is 16.6. The van der Waals surface area contributed by atoms with E-state index in [1.165, 1.54) is 5.01 Å². The van der Waals surface area contributed by atoms with Crippen LogP contribution in [-0.2, 0) is 26.1 Å². The number of hydrogen-bond acceptors (Lipinski definition) is 6. The molecular weight excluding hydrogens is 483 g/mol. The van der Waals surface area contributed by atoms with Gasteiger partial charge >= 0.3 is 6.18 Å². The van der Waals surface area contributed by atoms with E-state index in [4.69, 9.17) is 0 Å². The molecule has 35 heavy (non-hydrogen) atoms. The molecule has 0 bridgehead atoms. The number of hydrogen-bond donors (Lipinski definition) is 1. The highest BCUT2D eigenvalue weighted by molar-refractivity contribution is 7.84. The van der Waals surface area contributed by atoms with E-state index in [1.54, 1.807) is 48.3 Å². The number of benzene rings is 2. The van der Waals surface area contributed by atoms with Crippen LogP contribution in [0.3, 0.4) is 0 Å². The Morgan fingerprint density at radius 1 is 1.06 bits per heavy atom. The van der Waals surface area contributed by atoms with Crippen LogP contribution in [-0.4, -0.2) is 61.9 Å². The quantitative estimate of drug-likeness (QED) is 0.675. The second kappa shape index (κ2) is 8.49. The van der Waals surface area contributed by atoms with Crippen LogP contribution in [0.25, 0.3) is 0 Å². The molecule has 5 rings (SSSR count). The number of nitrogens with zero attached hydrogens (tertiary/aromatic N) is 3. The molecule has 1 saturated heterocycles. The SMILES string of the molecule is CC1CN2C(=C(O)C1=O)C(=O)N(CC(F)(F)F)CN2C1c2ccccc2CS(=O)c2ccccc21. The second-order valence-corrected chi connectivity index (χ2v) is 10.3. The normalized spacial score (nSPS) is 25.2. The summed E-state index contributed by atoms with van der Waals surface area (Å²) in [6.45, 7) is -0.382. The first-order valence-electron chi connectivity index (χ1n) is 11.0. The maximum Gasteiger partial charge on any atom is 0.406 e. The van der Waals surface area contributed by atoms with Crippen LogP contribution in [0.15, 0.2) is 64.9 Å². The molecule has 1 N–H and O–H groups in total. The highest BCUT2D eigenvalue weighted by atomic mass is 32.2. The number of aliphatic hydroxyl groups excluding tert-OH is 1. The van der Waals surface area contributed by atoms with Gasteiger partial charge in [0.25, 0.3) is 5.91 Å². The largest absolute Gasteiger partial charge is 0.503 e. The van der Waals surface area contributed by atoms with E-state index in [0.29, 0.717) is 15.4 Å². The molecule has 0 spiro atoms. The number of alkyl halides is 3. The van der Waals surface area contributed by atoms with Crippen LogP contribution >= 0.6 is 0 Å². The van der Waals surface area contributed by atoms with Crippen molar-refractivity contribution >= 4 is 22.5 Å². The van der Waals surface area contributed by atoms with Crippen molar-refractivity contribution in [3.05, 3.63) is 76.7 Å². The fraction of sp³-hybridized carbons (Fsp3) is 0.333. The zero-order valence-electron chi connectivity index (χ0n) is 18.7. The molecule has 7 nitrogen and oxygen atoms in total. The van der Waals surface area contributed by atoms with Crippen LogP contribution in [0.2, 0.25) is 0 Å². The lowest BCUT2D eigenvalue weighted by Crippen LogP contribution is -2.63. The summed E-state index contributed by atoms with van der Waals surface area (Å²) >= 11 is 0. The van der Waals surface area contributed by atoms with Crippen molar-refractivity contribution in [3.8, 4) is 0 Å². The van der Waals surface area contributed by atoms with Crippen LogP contribution in [0.5, 0.6) is 0 Å². The zero-order chi connectivity index (χ0) is 25.1. The monoisotopic (exact) mass is 505 g/mol. The highest BCUT2D eigenvalue weighted by Gasteiger charge is 2.49. The molecule has 3 atom stereocenters. The van der Waals surface area contributed by atoms with Gasteiger partial charge in [-0.05, 0) is 22.8 Å². The predicted molar refractivity (Wildman–Crippen MR) is 120 cm³/mol. The molecule has 0 aromatic heterocycles. The number of Topliss-reactive ketones (excluding diaryl/α,β-unsaturated/α-hetero) is 1. The predicted octanol–water partition coefficient (Wildman–Crippen LogP) is 3.27. The summed E-state index contributed by atoms with van der Waals surface area (Å²) < 4.78 is 53.5. The number of allylic oxidation sites excluding steroid dienone is 1. The molecule has 2 aromatic carbocycles. The molecule has 3 heterocycles. The second-order valence-electron chi connectivity index (χ2n) is 8.87. The van der Waals surface area contributed by atoms with Crippen molar-refractivity contribution in [1.82, 2.24) is 14.9 Å². The van der Waals surface area contributed by atoms with Gasteiger partial charge in [-0.25, -0.2) is 0 Å². The number of amides is 1. The maximum absolute atomic E-state index is 13.4. The van der Waals surface area contributed by atoms with Crippen molar-refractivity contribution in [1.29, 1.82) is 0 Å². The first-order valence-corrected chi connectivity index (χ1v) is 12.3. The number of carbonyl (C=O) groups excluding carboxylic acids is 2. The minimum atomic E-state index is -4.69. The Hall–Kier alpha value is -3.18. The molecule has 1 amide bonds. The van der Waals surface area contributed by atoms with Crippen molar-refractivity contribution in [2.45, 2.75) is 29.8 Å². The molecule has 3 unspecified atom stereocenters. The van der Waals surface area contributed by atoms with Gasteiger partial charge in [0.1, 0.15) is 6.54 Å². The van der Waals surface area contributed by atoms with E-state index in [0.717, 1.165) is 11.1 Å². The smallest absolute Gasteiger partial charge is 0.406 e. The van der Waals surface area contributed by atoms with Gasteiger partial charge < -0.3 is 10.0 Å². The zero-order valence-corrected chi connectivity index (χ0v) is 19.5. The van der Waals surface area contributed by atoms with Gasteiger partial charge in [0.15, 0.2) is 11.5 Å². The Labute approximate surface area is 201 Å². The van der Waals surface area contributed by atoms with Crippen LogP contribution in [0, 0.1) is 5.92 Å². The van der Waals surface area contributed by atoms with Gasteiger partial charge in [0.2, 0.25) is 5.78 Å².